The fraction of sp³-hybridized carbons (Fsp3) is 1.00. The van der Waals surface area contributed by atoms with E-state index in [2.05, 4.69) is 46.4 Å². The van der Waals surface area contributed by atoms with Gasteiger partial charge in [0.1, 0.15) is 0 Å². The van der Waals surface area contributed by atoms with Crippen molar-refractivity contribution in [2.24, 2.45) is 0 Å². The van der Waals surface area contributed by atoms with Crippen LogP contribution in [-0.4, -0.2) is 60.7 Å². The van der Waals surface area contributed by atoms with Gasteiger partial charge in [-0.05, 0) is 37.0 Å². The lowest BCUT2D eigenvalue weighted by Crippen LogP contribution is -2.27. The summed E-state index contributed by atoms with van der Waals surface area (Å²) in [6, 6.07) is 0. The Morgan fingerprint density at radius 3 is 0.842 bits per heavy atom. The molecule has 1 nitrogen and oxygen atoms in total. The highest BCUT2D eigenvalue weighted by Gasteiger charge is 2.17. The summed E-state index contributed by atoms with van der Waals surface area (Å²) in [5, 5.41) is 0. The maximum absolute atomic E-state index is 2.87. The first-order chi connectivity index (χ1) is 9.14. The van der Waals surface area contributed by atoms with E-state index in [0.29, 0.717) is 0 Å². The van der Waals surface area contributed by atoms with Crippen molar-refractivity contribution in [3.05, 3.63) is 0 Å². The Kier molecular flexibility index (Phi) is 13.8. The van der Waals surface area contributed by atoms with Crippen LogP contribution in [-0.2, 0) is 0 Å². The fourth-order valence-electron chi connectivity index (χ4n) is 2.25. The second-order valence-electron chi connectivity index (χ2n) is 5.00. The van der Waals surface area contributed by atoms with E-state index in [1.54, 1.807) is 0 Å². The standard InChI is InChI=1S/C15H36NP3/c1-7-17(8-2)13-16(14-18(9-3)10-4)15-19(11-5)12-6/h7-15H2,1-6H3. The molecule has 0 aromatic heterocycles. The highest BCUT2D eigenvalue weighted by Crippen LogP contribution is 2.44. The lowest BCUT2D eigenvalue weighted by Gasteiger charge is -2.32. The average molecular weight is 323 g/mol. The van der Waals surface area contributed by atoms with E-state index >= 15 is 0 Å². The number of hydrogen-bond donors (Lipinski definition) is 0. The average Bonchev–Trinajstić information content (AvgIpc) is 2.46. The molecule has 0 heterocycles. The highest BCUT2D eigenvalue weighted by atomic mass is 31.1. The third-order valence-electron chi connectivity index (χ3n) is 3.88. The molecule has 0 fully saturated rings. The first kappa shape index (κ1) is 20.2. The summed E-state index contributed by atoms with van der Waals surface area (Å²) < 4.78 is 0. The summed E-state index contributed by atoms with van der Waals surface area (Å²) in [6.45, 7) is 14.3. The van der Waals surface area contributed by atoms with E-state index in [9.17, 15) is 0 Å². The second kappa shape index (κ2) is 13.0. The maximum atomic E-state index is 2.87. The Balaban J connectivity index is 4.51. The predicted octanol–water partition coefficient (Wildman–Crippen LogP) is 5.73. The smallest absolute Gasteiger partial charge is 0.0191 e. The fourth-order valence-corrected chi connectivity index (χ4v) is 7.57. The normalized spacial score (nSPS) is 12.3. The molecule has 0 unspecified atom stereocenters. The van der Waals surface area contributed by atoms with Gasteiger partial charge < -0.3 is 0 Å². The van der Waals surface area contributed by atoms with Crippen molar-refractivity contribution in [3.8, 4) is 0 Å². The molecule has 0 rings (SSSR count). The van der Waals surface area contributed by atoms with Crippen LogP contribution in [0, 0.1) is 0 Å². The van der Waals surface area contributed by atoms with Gasteiger partial charge in [-0.2, -0.15) is 0 Å². The Morgan fingerprint density at radius 2 is 0.684 bits per heavy atom. The molecular formula is C15H36NP3. The molecule has 0 saturated carbocycles. The minimum Gasteiger partial charge on any atom is -0.291 e. The van der Waals surface area contributed by atoms with Crippen molar-refractivity contribution in [3.63, 3.8) is 0 Å². The first-order valence-electron chi connectivity index (χ1n) is 8.04. The minimum atomic E-state index is 0.270. The number of hydrogen-bond acceptors (Lipinski definition) is 1. The molecule has 0 aromatic carbocycles. The Morgan fingerprint density at radius 1 is 0.474 bits per heavy atom. The van der Waals surface area contributed by atoms with Gasteiger partial charge in [0.15, 0.2) is 0 Å². The summed E-state index contributed by atoms with van der Waals surface area (Å²) in [5.41, 5.74) is 0. The van der Waals surface area contributed by atoms with E-state index in [1.165, 1.54) is 55.8 Å². The molecule has 4 heteroatoms. The summed E-state index contributed by atoms with van der Waals surface area (Å²) in [7, 11) is 0.810. The van der Waals surface area contributed by atoms with Crippen LogP contribution in [0.2, 0.25) is 0 Å². The zero-order valence-electron chi connectivity index (χ0n) is 14.2. The molecule has 0 atom stereocenters. The molecule has 19 heavy (non-hydrogen) atoms. The first-order valence-corrected chi connectivity index (χ1v) is 13.7. The van der Waals surface area contributed by atoms with Crippen molar-refractivity contribution in [1.82, 2.24) is 4.90 Å². The van der Waals surface area contributed by atoms with Gasteiger partial charge in [-0.1, -0.05) is 65.3 Å². The molecule has 0 saturated heterocycles. The third-order valence-corrected chi connectivity index (χ3v) is 11.6. The Bertz CT molecular complexity index is 157. The van der Waals surface area contributed by atoms with Crippen LogP contribution in [0.5, 0.6) is 0 Å². The van der Waals surface area contributed by atoms with E-state index in [1.807, 2.05) is 0 Å². The van der Waals surface area contributed by atoms with E-state index in [-0.39, 0.29) is 23.8 Å². The van der Waals surface area contributed by atoms with Crippen LogP contribution >= 0.6 is 23.8 Å². The lowest BCUT2D eigenvalue weighted by atomic mass is 10.9. The van der Waals surface area contributed by atoms with Gasteiger partial charge in [0.2, 0.25) is 0 Å². The van der Waals surface area contributed by atoms with E-state index < -0.39 is 0 Å². The topological polar surface area (TPSA) is 3.24 Å². The number of rotatable bonds is 12. The third kappa shape index (κ3) is 8.98. The van der Waals surface area contributed by atoms with Gasteiger partial charge in [0.25, 0.3) is 0 Å². The second-order valence-corrected chi connectivity index (χ2v) is 13.7. The predicted molar refractivity (Wildman–Crippen MR) is 100 cm³/mol. The molecule has 0 amide bonds. The quantitative estimate of drug-likeness (QED) is 0.415. The van der Waals surface area contributed by atoms with Crippen molar-refractivity contribution in [1.29, 1.82) is 0 Å². The van der Waals surface area contributed by atoms with Crippen molar-refractivity contribution < 1.29 is 0 Å². The molecule has 0 radical (unpaired) electrons. The van der Waals surface area contributed by atoms with E-state index in [0.717, 1.165) is 0 Å². The molecule has 0 aliphatic heterocycles. The van der Waals surface area contributed by atoms with Gasteiger partial charge in [-0.3, -0.25) is 4.90 Å². The molecule has 116 valence electrons. The maximum Gasteiger partial charge on any atom is 0.0191 e. The van der Waals surface area contributed by atoms with Gasteiger partial charge >= 0.3 is 0 Å². The van der Waals surface area contributed by atoms with E-state index in [4.69, 9.17) is 0 Å². The molecule has 0 N–H and O–H groups in total. The van der Waals surface area contributed by atoms with Crippen LogP contribution in [0.4, 0.5) is 0 Å². The van der Waals surface area contributed by atoms with Crippen LogP contribution in [0.3, 0.4) is 0 Å². The molecular weight excluding hydrogens is 287 g/mol. The Labute approximate surface area is 126 Å². The molecule has 0 aliphatic rings. The van der Waals surface area contributed by atoms with Gasteiger partial charge in [0, 0.05) is 18.9 Å². The van der Waals surface area contributed by atoms with Crippen LogP contribution in [0.15, 0.2) is 0 Å². The van der Waals surface area contributed by atoms with Crippen molar-refractivity contribution in [2.45, 2.75) is 41.5 Å². The molecule has 0 aliphatic carbocycles. The van der Waals surface area contributed by atoms with Crippen LogP contribution < -0.4 is 0 Å². The zero-order valence-corrected chi connectivity index (χ0v) is 16.8. The monoisotopic (exact) mass is 323 g/mol. The SMILES string of the molecule is CCP(CC)CN(CP(CC)CC)CP(CC)CC. The highest BCUT2D eigenvalue weighted by molar-refractivity contribution is 7.59. The van der Waals surface area contributed by atoms with Crippen molar-refractivity contribution in [2.75, 3.05) is 55.8 Å². The lowest BCUT2D eigenvalue weighted by molar-refractivity contribution is 0.434. The number of nitrogens with zero attached hydrogens (tertiary/aromatic N) is 1. The summed E-state index contributed by atoms with van der Waals surface area (Å²) in [6.07, 6.45) is 12.7. The zero-order chi connectivity index (χ0) is 14.7. The molecule has 0 bridgehead atoms. The summed E-state index contributed by atoms with van der Waals surface area (Å²) in [5.74, 6) is 0. The molecule has 0 spiro atoms. The Hall–Kier alpha value is 1.25. The largest absolute Gasteiger partial charge is 0.291 e. The van der Waals surface area contributed by atoms with Gasteiger partial charge in [-0.25, -0.2) is 0 Å². The van der Waals surface area contributed by atoms with Gasteiger partial charge in [0.05, 0.1) is 0 Å². The van der Waals surface area contributed by atoms with Crippen LogP contribution in [0.1, 0.15) is 41.5 Å². The van der Waals surface area contributed by atoms with Gasteiger partial charge in [-0.15, -0.1) is 0 Å². The molecule has 0 aromatic rings. The summed E-state index contributed by atoms with van der Waals surface area (Å²) >= 11 is 0. The summed E-state index contributed by atoms with van der Waals surface area (Å²) in [4.78, 5) is 2.87. The van der Waals surface area contributed by atoms with Crippen molar-refractivity contribution >= 4 is 23.8 Å². The minimum absolute atomic E-state index is 0.270. The van der Waals surface area contributed by atoms with Crippen LogP contribution in [0.25, 0.3) is 0 Å².